The van der Waals surface area contributed by atoms with Crippen molar-refractivity contribution in [1.82, 2.24) is 4.57 Å². The summed E-state index contributed by atoms with van der Waals surface area (Å²) < 4.78 is 11.7. The first kappa shape index (κ1) is 15.7. The zero-order chi connectivity index (χ0) is 17.4. The third-order valence-electron chi connectivity index (χ3n) is 4.27. The molecule has 126 valence electrons. The predicted molar refractivity (Wildman–Crippen MR) is 96.2 cm³/mol. The van der Waals surface area contributed by atoms with Gasteiger partial charge in [-0.3, -0.25) is 4.79 Å². The van der Waals surface area contributed by atoms with Gasteiger partial charge in [-0.25, -0.2) is 4.79 Å². The third-order valence-corrected chi connectivity index (χ3v) is 5.23. The van der Waals surface area contributed by atoms with Crippen molar-refractivity contribution < 1.29 is 14.3 Å². The van der Waals surface area contributed by atoms with Crippen LogP contribution in [0.2, 0.25) is 0 Å². The monoisotopic (exact) mass is 353 g/mol. The number of hydrogen-bond acceptors (Lipinski definition) is 5. The largest absolute Gasteiger partial charge is 0.513 e. The fraction of sp³-hybridized carbons (Fsp3) is 0.158. The quantitative estimate of drug-likeness (QED) is 0.655. The average Bonchev–Trinajstić information content (AvgIpc) is 3.13. The first-order valence-electron chi connectivity index (χ1n) is 7.85. The Kier molecular flexibility index (Phi) is 3.89. The van der Waals surface area contributed by atoms with Crippen LogP contribution in [-0.4, -0.2) is 17.8 Å². The van der Waals surface area contributed by atoms with E-state index >= 15 is 0 Å². The molecule has 0 fully saturated rings. The molecule has 5 nitrogen and oxygen atoms in total. The Bertz CT molecular complexity index is 1000. The van der Waals surface area contributed by atoms with Crippen molar-refractivity contribution in [1.29, 1.82) is 0 Å². The number of benzene rings is 1. The van der Waals surface area contributed by atoms with Crippen molar-refractivity contribution >= 4 is 17.5 Å². The van der Waals surface area contributed by atoms with Crippen LogP contribution in [0, 0.1) is 0 Å². The van der Waals surface area contributed by atoms with Gasteiger partial charge in [0.2, 0.25) is 0 Å². The summed E-state index contributed by atoms with van der Waals surface area (Å²) in [5, 5.41) is 1.98. The summed E-state index contributed by atoms with van der Waals surface area (Å²) in [6, 6.07) is 13.0. The Morgan fingerprint density at radius 2 is 2.00 bits per heavy atom. The minimum absolute atomic E-state index is 0.0857. The molecule has 1 aromatic carbocycles. The van der Waals surface area contributed by atoms with Crippen LogP contribution in [-0.2, 0) is 17.7 Å². The van der Waals surface area contributed by atoms with Gasteiger partial charge in [0.1, 0.15) is 5.69 Å². The third kappa shape index (κ3) is 2.64. The molecule has 0 radical (unpaired) electrons. The summed E-state index contributed by atoms with van der Waals surface area (Å²) >= 11 is 1.54. The van der Waals surface area contributed by atoms with Crippen molar-refractivity contribution in [2.45, 2.75) is 13.0 Å². The highest BCUT2D eigenvalue weighted by Gasteiger charge is 2.26. The van der Waals surface area contributed by atoms with Gasteiger partial charge in [0, 0.05) is 6.54 Å². The topological polar surface area (TPSA) is 57.5 Å². The fourth-order valence-corrected chi connectivity index (χ4v) is 4.11. The van der Waals surface area contributed by atoms with E-state index in [9.17, 15) is 9.59 Å². The number of carbonyl (C=O) groups excluding carboxylic acids is 1. The van der Waals surface area contributed by atoms with Crippen LogP contribution in [0.5, 0.6) is 5.75 Å². The number of ether oxygens (including phenoxy) is 2. The molecular formula is C19H15NO4S. The number of nitrogens with zero attached hydrogens (tertiary/aromatic N) is 1. The van der Waals surface area contributed by atoms with Crippen LogP contribution in [0.4, 0.5) is 4.79 Å². The number of aryl methyl sites for hydroxylation is 1. The first-order valence-corrected chi connectivity index (χ1v) is 8.73. The smallest absolute Gasteiger partial charge is 0.437 e. The molecule has 3 heterocycles. The molecule has 0 amide bonds. The summed E-state index contributed by atoms with van der Waals surface area (Å²) in [6.45, 7) is 0.552. The second-order valence-corrected chi connectivity index (χ2v) is 6.59. The minimum Gasteiger partial charge on any atom is -0.437 e. The molecule has 4 rings (SSSR count). The number of carbonyl (C=O) groups is 1. The van der Waals surface area contributed by atoms with Crippen molar-refractivity contribution in [3.63, 3.8) is 0 Å². The summed E-state index contributed by atoms with van der Waals surface area (Å²) in [6.07, 6.45) is -0.0223. The fourth-order valence-electron chi connectivity index (χ4n) is 3.10. The lowest BCUT2D eigenvalue weighted by Crippen LogP contribution is -2.28. The standard InChI is InChI=1S/C19H15NO4S/c1-23-19(22)24-15-11-14(12-5-3-2-4-6-12)18(21)20-9-7-13-8-10-25-17(13)16(15)20/h2-6,8,10-11H,7,9H2,1H3. The van der Waals surface area contributed by atoms with Crippen molar-refractivity contribution in [3.8, 4) is 27.4 Å². The number of aromatic nitrogens is 1. The molecular weight excluding hydrogens is 338 g/mol. The van der Waals surface area contributed by atoms with Crippen molar-refractivity contribution in [2.24, 2.45) is 0 Å². The van der Waals surface area contributed by atoms with Gasteiger partial charge in [-0.15, -0.1) is 11.3 Å². The van der Waals surface area contributed by atoms with E-state index in [1.807, 2.05) is 41.8 Å². The summed E-state index contributed by atoms with van der Waals surface area (Å²) in [7, 11) is 1.26. The van der Waals surface area contributed by atoms with Gasteiger partial charge in [-0.1, -0.05) is 30.3 Å². The second-order valence-electron chi connectivity index (χ2n) is 5.67. The molecule has 0 saturated heterocycles. The number of hydrogen-bond donors (Lipinski definition) is 0. The summed E-state index contributed by atoms with van der Waals surface area (Å²) in [5.74, 6) is 0.341. The van der Waals surface area contributed by atoms with E-state index in [4.69, 9.17) is 4.74 Å². The highest BCUT2D eigenvalue weighted by atomic mass is 32.1. The molecule has 6 heteroatoms. The molecule has 0 atom stereocenters. The van der Waals surface area contributed by atoms with E-state index in [-0.39, 0.29) is 5.56 Å². The molecule has 25 heavy (non-hydrogen) atoms. The van der Waals surface area contributed by atoms with Gasteiger partial charge in [-0.05, 0) is 35.1 Å². The number of methoxy groups -OCH3 is 1. The SMILES string of the molecule is COC(=O)Oc1cc(-c2ccccc2)c(=O)n2c1-c1sccc1CC2. The second kappa shape index (κ2) is 6.22. The molecule has 0 saturated carbocycles. The molecule has 0 aliphatic carbocycles. The molecule has 0 bridgehead atoms. The van der Waals surface area contributed by atoms with Crippen LogP contribution in [0.25, 0.3) is 21.7 Å². The normalized spacial score (nSPS) is 12.2. The highest BCUT2D eigenvalue weighted by Crippen LogP contribution is 2.40. The minimum atomic E-state index is -0.802. The molecule has 1 aliphatic heterocycles. The number of pyridine rings is 1. The van der Waals surface area contributed by atoms with Crippen LogP contribution in [0.3, 0.4) is 0 Å². The van der Waals surface area contributed by atoms with E-state index in [0.717, 1.165) is 22.4 Å². The van der Waals surface area contributed by atoms with Crippen LogP contribution in [0.15, 0.2) is 52.6 Å². The van der Waals surface area contributed by atoms with Gasteiger partial charge < -0.3 is 14.0 Å². The molecule has 3 aromatic rings. The Balaban J connectivity index is 1.98. The highest BCUT2D eigenvalue weighted by molar-refractivity contribution is 7.13. The Morgan fingerprint density at radius 3 is 2.76 bits per heavy atom. The van der Waals surface area contributed by atoms with E-state index in [2.05, 4.69) is 4.74 Å². The Labute approximate surface area is 148 Å². The summed E-state index contributed by atoms with van der Waals surface area (Å²) in [5.41, 5.74) is 3.01. The van der Waals surface area contributed by atoms with Gasteiger partial charge in [0.25, 0.3) is 5.56 Å². The van der Waals surface area contributed by atoms with Gasteiger partial charge in [0.05, 0.1) is 17.6 Å². The van der Waals surface area contributed by atoms with E-state index < -0.39 is 6.16 Å². The van der Waals surface area contributed by atoms with E-state index in [0.29, 0.717) is 23.6 Å². The molecule has 1 aliphatic rings. The number of thiophene rings is 1. The maximum atomic E-state index is 13.0. The van der Waals surface area contributed by atoms with Crippen molar-refractivity contribution in [2.75, 3.05) is 7.11 Å². The van der Waals surface area contributed by atoms with E-state index in [1.165, 1.54) is 18.4 Å². The van der Waals surface area contributed by atoms with Crippen LogP contribution >= 0.6 is 11.3 Å². The van der Waals surface area contributed by atoms with Gasteiger partial charge in [-0.2, -0.15) is 0 Å². The Hall–Kier alpha value is -2.86. The van der Waals surface area contributed by atoms with Crippen molar-refractivity contribution in [3.05, 3.63) is 63.8 Å². The lowest BCUT2D eigenvalue weighted by molar-refractivity contribution is 0.121. The average molecular weight is 353 g/mol. The molecule has 0 spiro atoms. The number of fused-ring (bicyclic) bond motifs is 3. The van der Waals surface area contributed by atoms with Crippen LogP contribution in [0.1, 0.15) is 5.56 Å². The molecule has 2 aromatic heterocycles. The molecule has 0 unspecified atom stereocenters. The van der Waals surface area contributed by atoms with Gasteiger partial charge >= 0.3 is 6.16 Å². The maximum Gasteiger partial charge on any atom is 0.513 e. The lowest BCUT2D eigenvalue weighted by Gasteiger charge is -2.22. The maximum absolute atomic E-state index is 13.0. The first-order chi connectivity index (χ1) is 12.2. The van der Waals surface area contributed by atoms with Crippen LogP contribution < -0.4 is 10.3 Å². The molecule has 0 N–H and O–H groups in total. The van der Waals surface area contributed by atoms with Gasteiger partial charge in [0.15, 0.2) is 5.75 Å². The number of rotatable bonds is 2. The predicted octanol–water partition coefficient (Wildman–Crippen LogP) is 3.95. The Morgan fingerprint density at radius 1 is 1.20 bits per heavy atom. The summed E-state index contributed by atoms with van der Waals surface area (Å²) in [4.78, 5) is 25.7. The zero-order valence-electron chi connectivity index (χ0n) is 13.5. The zero-order valence-corrected chi connectivity index (χ0v) is 14.3. The lowest BCUT2D eigenvalue weighted by atomic mass is 10.0. The van der Waals surface area contributed by atoms with E-state index in [1.54, 1.807) is 10.6 Å².